The third-order valence-corrected chi connectivity index (χ3v) is 11.7. The number of carboxylic acids is 1. The van der Waals surface area contributed by atoms with E-state index in [0.717, 1.165) is 51.4 Å². The molecule has 0 amide bonds. The summed E-state index contributed by atoms with van der Waals surface area (Å²) in [6, 6.07) is 0. The van der Waals surface area contributed by atoms with Gasteiger partial charge in [0.2, 0.25) is 0 Å². The highest BCUT2D eigenvalue weighted by Gasteiger charge is 2.45. The molecule has 0 bridgehead atoms. The maximum absolute atomic E-state index is 13.5. The lowest BCUT2D eigenvalue weighted by Gasteiger charge is -2.41. The van der Waals surface area contributed by atoms with Crippen LogP contribution in [0.3, 0.4) is 0 Å². The molecule has 0 radical (unpaired) electrons. The van der Waals surface area contributed by atoms with Crippen molar-refractivity contribution in [1.29, 1.82) is 0 Å². The predicted octanol–water partition coefficient (Wildman–Crippen LogP) is 4.45. The van der Waals surface area contributed by atoms with Gasteiger partial charge in [-0.15, -0.1) is 0 Å². The Kier molecular flexibility index (Phi) is 33.3. The van der Waals surface area contributed by atoms with Gasteiger partial charge in [-0.3, -0.25) is 24.0 Å². The lowest BCUT2D eigenvalue weighted by Crippen LogP contribution is -2.59. The molecule has 8 N–H and O–H groups in total. The number of carbonyl (C=O) groups is 5. The minimum absolute atomic E-state index is 0.0563. The molecule has 19 heteroatoms. The molecule has 19 nitrogen and oxygen atoms in total. The van der Waals surface area contributed by atoms with Crippen LogP contribution in [0, 0.1) is 0 Å². The number of carbonyl (C=O) groups excluding carboxylic acids is 4. The summed E-state index contributed by atoms with van der Waals surface area (Å²) in [5.41, 5.74) is 0. The van der Waals surface area contributed by atoms with E-state index in [1.165, 1.54) is 6.92 Å². The number of aliphatic hydroxyl groups excluding tert-OH is 7. The monoisotopic (exact) mass is 967 g/mol. The topological polar surface area (TPSA) is 303 Å². The van der Waals surface area contributed by atoms with Crippen LogP contribution < -0.4 is 0 Å². The number of rotatable bonds is 39. The summed E-state index contributed by atoms with van der Waals surface area (Å²) < 4.78 is 34.2. The van der Waals surface area contributed by atoms with Crippen molar-refractivity contribution in [3.05, 3.63) is 0 Å². The first kappa shape index (κ1) is 62.0. The molecule has 1 rings (SSSR count). The Hall–Kier alpha value is -3.01. The van der Waals surface area contributed by atoms with Crippen molar-refractivity contribution in [2.75, 3.05) is 6.61 Å². The summed E-state index contributed by atoms with van der Waals surface area (Å²) in [4.78, 5) is 63.5. The van der Waals surface area contributed by atoms with Gasteiger partial charge in [0.25, 0.3) is 0 Å². The Balaban J connectivity index is 3.13. The van der Waals surface area contributed by atoms with E-state index in [4.69, 9.17) is 33.5 Å². The molecule has 392 valence electrons. The molecule has 13 atom stereocenters. The van der Waals surface area contributed by atoms with Crippen LogP contribution >= 0.6 is 0 Å². The molecule has 0 aromatic rings. The number of hydrogen-bond donors (Lipinski definition) is 8. The maximum Gasteiger partial charge on any atom is 0.309 e. The van der Waals surface area contributed by atoms with E-state index < -0.39 is 135 Å². The zero-order valence-corrected chi connectivity index (χ0v) is 40.8. The molecule has 1 aliphatic rings. The van der Waals surface area contributed by atoms with Gasteiger partial charge >= 0.3 is 29.8 Å². The van der Waals surface area contributed by atoms with Crippen molar-refractivity contribution < 1.29 is 93.2 Å². The molecule has 67 heavy (non-hydrogen) atoms. The van der Waals surface area contributed by atoms with E-state index in [1.807, 2.05) is 27.7 Å². The number of hydrogen-bond acceptors (Lipinski definition) is 18. The lowest BCUT2D eigenvalue weighted by molar-refractivity contribution is -0.312. The Morgan fingerprint density at radius 3 is 1.36 bits per heavy atom. The van der Waals surface area contributed by atoms with E-state index in [1.54, 1.807) is 0 Å². The summed E-state index contributed by atoms with van der Waals surface area (Å²) in [7, 11) is 0. The van der Waals surface area contributed by atoms with Gasteiger partial charge in [-0.1, -0.05) is 85.5 Å². The smallest absolute Gasteiger partial charge is 0.309 e. The van der Waals surface area contributed by atoms with Crippen molar-refractivity contribution in [2.45, 2.75) is 268 Å². The van der Waals surface area contributed by atoms with E-state index >= 15 is 0 Å². The second-order valence-corrected chi connectivity index (χ2v) is 18.1. The normalized spacial score (nSPS) is 22.1. The quantitative estimate of drug-likeness (QED) is 0.0240. The van der Waals surface area contributed by atoms with Crippen LogP contribution in [0.15, 0.2) is 0 Å². The zero-order chi connectivity index (χ0) is 50.3. The van der Waals surface area contributed by atoms with Crippen LogP contribution in [0.25, 0.3) is 0 Å². The van der Waals surface area contributed by atoms with Crippen molar-refractivity contribution in [3.8, 4) is 0 Å². The molecular weight excluding hydrogens is 881 g/mol. The van der Waals surface area contributed by atoms with Gasteiger partial charge in [-0.2, -0.15) is 0 Å². The minimum atomic E-state index is -1.74. The molecule has 1 aliphatic heterocycles. The Bertz CT molecular complexity index is 1360. The van der Waals surface area contributed by atoms with Crippen LogP contribution in [-0.4, -0.2) is 157 Å². The molecular formula is C48H86O19. The van der Waals surface area contributed by atoms with E-state index in [0.29, 0.717) is 51.4 Å². The summed E-state index contributed by atoms with van der Waals surface area (Å²) in [5.74, 6) is -4.14. The molecule has 0 spiro atoms. The summed E-state index contributed by atoms with van der Waals surface area (Å²) in [5, 5.41) is 82.2. The van der Waals surface area contributed by atoms with Crippen LogP contribution in [-0.2, 0) is 52.4 Å². The number of esters is 4. The highest BCUT2D eigenvalue weighted by molar-refractivity contribution is 5.72. The number of ether oxygens (including phenoxy) is 6. The number of carboxylic acid groups (broad SMARTS) is 1. The standard InChI is InChI=1S/C48H86O19/c1-6-10-14-18-32(51)22-38(66-48-47(61)46(60)45(59)40(30-49)67-48)28-43(57)64-36(20-16-12-8-3)24-34(53)26-42(56)65-37(21-17-13-9-4)27-39(62-31(5)50)29-44(58)63-35(19-15-11-7-2)23-33(52)25-41(54)55/h32-40,45-49,51-53,59-61H,6-30H2,1-5H3,(H,54,55)/t32-,33-,34-,35-,36-,37-,38-,39-,40-,45-,46+,47+,48-/m1/s1. The molecule has 0 aromatic heterocycles. The lowest BCUT2D eigenvalue weighted by atomic mass is 9.98. The molecule has 0 aromatic carbocycles. The van der Waals surface area contributed by atoms with Crippen LogP contribution in [0.4, 0.5) is 0 Å². The first-order valence-corrected chi connectivity index (χ1v) is 24.8. The first-order valence-electron chi connectivity index (χ1n) is 24.8. The molecule has 1 fully saturated rings. The van der Waals surface area contributed by atoms with Crippen molar-refractivity contribution in [1.82, 2.24) is 0 Å². The van der Waals surface area contributed by atoms with E-state index in [-0.39, 0.29) is 32.1 Å². The van der Waals surface area contributed by atoms with E-state index in [9.17, 15) is 59.7 Å². The fraction of sp³-hybridized carbons (Fsp3) is 0.896. The molecule has 0 saturated carbocycles. The predicted molar refractivity (Wildman–Crippen MR) is 243 cm³/mol. The van der Waals surface area contributed by atoms with Crippen molar-refractivity contribution in [2.24, 2.45) is 0 Å². The molecule has 0 unspecified atom stereocenters. The Morgan fingerprint density at radius 1 is 0.493 bits per heavy atom. The minimum Gasteiger partial charge on any atom is -0.481 e. The van der Waals surface area contributed by atoms with Gasteiger partial charge in [0.15, 0.2) is 6.29 Å². The van der Waals surface area contributed by atoms with E-state index in [2.05, 4.69) is 0 Å². The van der Waals surface area contributed by atoms with Gasteiger partial charge in [0.1, 0.15) is 48.8 Å². The SMILES string of the molecule is CCCCC[C@@H](O)C[C@H](CC(=O)O[C@H](CCCCC)C[C@@H](O)CC(=O)O[C@H](CCCCC)C[C@H](CC(=O)O[C@H](CCCCC)C[C@@H](O)CC(=O)O)OC(C)=O)O[C@@H]1O[C@H](CO)[C@@H](O)[C@H](O)[C@@H]1O. The third kappa shape index (κ3) is 28.3. The Labute approximate surface area is 397 Å². The third-order valence-electron chi connectivity index (χ3n) is 11.7. The zero-order valence-electron chi connectivity index (χ0n) is 40.8. The fourth-order valence-electron chi connectivity index (χ4n) is 8.09. The van der Waals surface area contributed by atoms with Crippen LogP contribution in [0.5, 0.6) is 0 Å². The average Bonchev–Trinajstić information content (AvgIpc) is 3.23. The molecule has 1 heterocycles. The maximum atomic E-state index is 13.5. The van der Waals surface area contributed by atoms with Gasteiger partial charge < -0.3 is 69.3 Å². The van der Waals surface area contributed by atoms with Gasteiger partial charge in [-0.25, -0.2) is 0 Å². The second kappa shape index (κ2) is 36.0. The average molecular weight is 967 g/mol. The fourth-order valence-corrected chi connectivity index (χ4v) is 8.09. The number of aliphatic hydroxyl groups is 7. The highest BCUT2D eigenvalue weighted by atomic mass is 16.7. The molecule has 0 aliphatic carbocycles. The van der Waals surface area contributed by atoms with Gasteiger partial charge in [0.05, 0.1) is 56.7 Å². The van der Waals surface area contributed by atoms with Crippen LogP contribution in [0.1, 0.15) is 189 Å². The summed E-state index contributed by atoms with van der Waals surface area (Å²) >= 11 is 0. The van der Waals surface area contributed by atoms with Gasteiger partial charge in [-0.05, 0) is 44.9 Å². The summed E-state index contributed by atoms with van der Waals surface area (Å²) in [6.07, 6.45) is -7.12. The Morgan fingerprint density at radius 2 is 0.910 bits per heavy atom. The van der Waals surface area contributed by atoms with Crippen molar-refractivity contribution >= 4 is 29.8 Å². The summed E-state index contributed by atoms with van der Waals surface area (Å²) in [6.45, 7) is 8.48. The largest absolute Gasteiger partial charge is 0.481 e. The number of aliphatic carboxylic acids is 1. The molecule has 1 saturated heterocycles. The highest BCUT2D eigenvalue weighted by Crippen LogP contribution is 2.27. The first-order chi connectivity index (χ1) is 31.8. The van der Waals surface area contributed by atoms with Crippen molar-refractivity contribution in [3.63, 3.8) is 0 Å². The second-order valence-electron chi connectivity index (χ2n) is 18.1. The van der Waals surface area contributed by atoms with Crippen LogP contribution in [0.2, 0.25) is 0 Å². The number of unbranched alkanes of at least 4 members (excludes halogenated alkanes) is 8. The van der Waals surface area contributed by atoms with Gasteiger partial charge in [0, 0.05) is 32.6 Å².